The molecular formula is C15H21NO6. The van der Waals surface area contributed by atoms with E-state index in [-0.39, 0.29) is 30.4 Å². The molecule has 0 atom stereocenters. The number of carboxylic acid groups (broad SMARTS) is 1. The second kappa shape index (κ2) is 8.21. The fourth-order valence-corrected chi connectivity index (χ4v) is 2.18. The first-order valence-corrected chi connectivity index (χ1v) is 7.19. The van der Waals surface area contributed by atoms with Crippen LogP contribution in [0.5, 0.6) is 0 Å². The maximum absolute atomic E-state index is 11.8. The molecule has 7 heteroatoms. The minimum absolute atomic E-state index is 0.0376. The Labute approximate surface area is 128 Å². The van der Waals surface area contributed by atoms with Crippen LogP contribution in [0.25, 0.3) is 0 Å². The van der Waals surface area contributed by atoms with Crippen LogP contribution in [-0.4, -0.2) is 41.2 Å². The third-order valence-corrected chi connectivity index (χ3v) is 3.19. The zero-order valence-corrected chi connectivity index (χ0v) is 13.0. The van der Waals surface area contributed by atoms with Gasteiger partial charge in [0.2, 0.25) is 0 Å². The number of aromatic amines is 1. The Morgan fingerprint density at radius 2 is 1.73 bits per heavy atom. The minimum Gasteiger partial charge on any atom is -0.477 e. The van der Waals surface area contributed by atoms with E-state index in [9.17, 15) is 19.5 Å². The highest BCUT2D eigenvalue weighted by Gasteiger charge is 2.23. The van der Waals surface area contributed by atoms with Crippen LogP contribution in [0, 0.1) is 6.92 Å². The predicted octanol–water partition coefficient (Wildman–Crippen LogP) is 2.08. The lowest BCUT2D eigenvalue weighted by Crippen LogP contribution is -2.07. The van der Waals surface area contributed by atoms with Gasteiger partial charge < -0.3 is 19.6 Å². The van der Waals surface area contributed by atoms with Gasteiger partial charge in [-0.3, -0.25) is 4.79 Å². The smallest absolute Gasteiger partial charge is 0.355 e. The number of carbonyl (C=O) groups excluding carboxylic acids is 2. The normalized spacial score (nSPS) is 10.3. The summed E-state index contributed by atoms with van der Waals surface area (Å²) in [6.45, 7) is 5.58. The van der Waals surface area contributed by atoms with E-state index in [0.29, 0.717) is 30.6 Å². The van der Waals surface area contributed by atoms with E-state index in [1.54, 1.807) is 20.8 Å². The van der Waals surface area contributed by atoms with Crippen molar-refractivity contribution in [2.24, 2.45) is 0 Å². The zero-order chi connectivity index (χ0) is 16.7. The first-order chi connectivity index (χ1) is 10.4. The van der Waals surface area contributed by atoms with Gasteiger partial charge in [-0.2, -0.15) is 0 Å². The highest BCUT2D eigenvalue weighted by Crippen LogP contribution is 2.21. The monoisotopic (exact) mass is 311 g/mol. The quantitative estimate of drug-likeness (QED) is 0.712. The lowest BCUT2D eigenvalue weighted by atomic mass is 10.0. The number of hydrogen-bond donors (Lipinski definition) is 2. The Hall–Kier alpha value is -2.31. The van der Waals surface area contributed by atoms with Gasteiger partial charge in [0, 0.05) is 6.42 Å². The molecule has 0 bridgehead atoms. The molecule has 2 N–H and O–H groups in total. The second-order valence-corrected chi connectivity index (χ2v) is 4.66. The summed E-state index contributed by atoms with van der Waals surface area (Å²) in [5.74, 6) is -2.05. The van der Waals surface area contributed by atoms with Crippen molar-refractivity contribution >= 4 is 17.9 Å². The number of aromatic carboxylic acids is 1. The summed E-state index contributed by atoms with van der Waals surface area (Å²) >= 11 is 0. The van der Waals surface area contributed by atoms with Gasteiger partial charge in [-0.1, -0.05) is 0 Å². The number of ether oxygens (including phenoxy) is 2. The number of aromatic nitrogens is 1. The number of hydrogen-bond acceptors (Lipinski definition) is 5. The Bertz CT molecular complexity index is 561. The average molecular weight is 311 g/mol. The molecule has 7 nitrogen and oxygen atoms in total. The summed E-state index contributed by atoms with van der Waals surface area (Å²) in [6.07, 6.45) is 1.01. The van der Waals surface area contributed by atoms with E-state index < -0.39 is 11.9 Å². The average Bonchev–Trinajstić information content (AvgIpc) is 2.77. The van der Waals surface area contributed by atoms with Gasteiger partial charge >= 0.3 is 17.9 Å². The number of carboxylic acids is 1. The number of carbonyl (C=O) groups is 3. The lowest BCUT2D eigenvalue weighted by Gasteiger charge is -2.04. The van der Waals surface area contributed by atoms with E-state index >= 15 is 0 Å². The number of esters is 2. The van der Waals surface area contributed by atoms with Crippen molar-refractivity contribution in [2.75, 3.05) is 13.2 Å². The second-order valence-electron chi connectivity index (χ2n) is 4.66. The maximum atomic E-state index is 11.8. The fraction of sp³-hybridized carbons (Fsp3) is 0.533. The van der Waals surface area contributed by atoms with Crippen LogP contribution >= 0.6 is 0 Å². The molecule has 0 aliphatic rings. The Morgan fingerprint density at radius 3 is 2.27 bits per heavy atom. The minimum atomic E-state index is -1.15. The topological polar surface area (TPSA) is 106 Å². The zero-order valence-electron chi connectivity index (χ0n) is 13.0. The number of nitrogens with one attached hydrogen (secondary N) is 1. The molecule has 0 unspecified atom stereocenters. The molecule has 0 saturated heterocycles. The van der Waals surface area contributed by atoms with Crippen LogP contribution in [0.2, 0.25) is 0 Å². The third kappa shape index (κ3) is 4.34. The van der Waals surface area contributed by atoms with Gasteiger partial charge in [-0.25, -0.2) is 9.59 Å². The van der Waals surface area contributed by atoms with Crippen molar-refractivity contribution in [1.82, 2.24) is 4.98 Å². The predicted molar refractivity (Wildman–Crippen MR) is 78.0 cm³/mol. The molecule has 0 spiro atoms. The lowest BCUT2D eigenvalue weighted by molar-refractivity contribution is -0.143. The van der Waals surface area contributed by atoms with E-state index in [2.05, 4.69) is 4.98 Å². The summed E-state index contributed by atoms with van der Waals surface area (Å²) in [4.78, 5) is 37.0. The highest BCUT2D eigenvalue weighted by atomic mass is 16.5. The first-order valence-electron chi connectivity index (χ1n) is 7.19. The molecule has 22 heavy (non-hydrogen) atoms. The van der Waals surface area contributed by atoms with Crippen molar-refractivity contribution in [2.45, 2.75) is 40.0 Å². The van der Waals surface area contributed by atoms with Crippen LogP contribution in [0.4, 0.5) is 0 Å². The molecule has 0 fully saturated rings. The summed E-state index contributed by atoms with van der Waals surface area (Å²) in [5, 5.41) is 9.23. The molecule has 1 aromatic heterocycles. The summed E-state index contributed by atoms with van der Waals surface area (Å²) in [7, 11) is 0. The molecular weight excluding hydrogens is 290 g/mol. The van der Waals surface area contributed by atoms with Crippen molar-refractivity contribution in [3.8, 4) is 0 Å². The van der Waals surface area contributed by atoms with E-state index in [4.69, 9.17) is 9.47 Å². The molecule has 1 heterocycles. The highest BCUT2D eigenvalue weighted by molar-refractivity contribution is 5.95. The number of H-pyrrole nitrogens is 1. The van der Waals surface area contributed by atoms with Crippen molar-refractivity contribution in [3.05, 3.63) is 22.5 Å². The Morgan fingerprint density at radius 1 is 1.09 bits per heavy atom. The molecule has 0 aliphatic carbocycles. The van der Waals surface area contributed by atoms with Crippen LogP contribution < -0.4 is 0 Å². The van der Waals surface area contributed by atoms with Crippen molar-refractivity contribution in [1.29, 1.82) is 0 Å². The Balaban J connectivity index is 2.90. The van der Waals surface area contributed by atoms with Gasteiger partial charge in [-0.05, 0) is 44.7 Å². The van der Waals surface area contributed by atoms with Crippen LogP contribution in [0.15, 0.2) is 0 Å². The van der Waals surface area contributed by atoms with Gasteiger partial charge in [0.15, 0.2) is 0 Å². The summed E-state index contributed by atoms with van der Waals surface area (Å²) < 4.78 is 9.72. The van der Waals surface area contributed by atoms with E-state index in [1.807, 2.05) is 0 Å². The molecule has 0 saturated carbocycles. The van der Waals surface area contributed by atoms with Crippen molar-refractivity contribution < 1.29 is 29.0 Å². The first kappa shape index (κ1) is 17.7. The standard InChI is InChI=1S/C15H21NO6/c1-4-21-11(17)8-6-7-10-9(3)12(15(20)22-5-2)16-13(10)14(18)19/h16H,4-8H2,1-3H3,(H,18,19). The molecule has 0 aliphatic heterocycles. The summed E-state index contributed by atoms with van der Waals surface area (Å²) in [6, 6.07) is 0. The molecule has 1 aromatic rings. The fourth-order valence-electron chi connectivity index (χ4n) is 2.18. The van der Waals surface area contributed by atoms with E-state index in [1.165, 1.54) is 0 Å². The molecule has 1 rings (SSSR count). The maximum Gasteiger partial charge on any atom is 0.355 e. The molecule has 122 valence electrons. The largest absolute Gasteiger partial charge is 0.477 e. The summed E-state index contributed by atoms with van der Waals surface area (Å²) in [5.41, 5.74) is 1.16. The van der Waals surface area contributed by atoms with Gasteiger partial charge in [-0.15, -0.1) is 0 Å². The van der Waals surface area contributed by atoms with Gasteiger partial charge in [0.05, 0.1) is 13.2 Å². The molecule has 0 amide bonds. The van der Waals surface area contributed by atoms with Gasteiger partial charge in [0.25, 0.3) is 0 Å². The van der Waals surface area contributed by atoms with E-state index in [0.717, 1.165) is 0 Å². The SMILES string of the molecule is CCOC(=O)CCCc1c(C(=O)O)[nH]c(C(=O)OCC)c1C. The van der Waals surface area contributed by atoms with Gasteiger partial charge in [0.1, 0.15) is 11.4 Å². The number of rotatable bonds is 8. The molecule has 0 aromatic carbocycles. The Kier molecular flexibility index (Phi) is 6.62. The third-order valence-electron chi connectivity index (χ3n) is 3.19. The van der Waals surface area contributed by atoms with Crippen LogP contribution in [0.3, 0.4) is 0 Å². The van der Waals surface area contributed by atoms with Crippen molar-refractivity contribution in [3.63, 3.8) is 0 Å². The van der Waals surface area contributed by atoms with Crippen LogP contribution in [-0.2, 0) is 20.7 Å². The van der Waals surface area contributed by atoms with Crippen LogP contribution in [0.1, 0.15) is 58.8 Å². The molecule has 0 radical (unpaired) electrons.